The van der Waals surface area contributed by atoms with E-state index in [9.17, 15) is 9.59 Å². The van der Waals surface area contributed by atoms with Gasteiger partial charge in [-0.2, -0.15) is 0 Å². The number of ether oxygens (including phenoxy) is 6. The summed E-state index contributed by atoms with van der Waals surface area (Å²) in [5.74, 6) is 7.52. The zero-order valence-corrected chi connectivity index (χ0v) is 94.8. The van der Waals surface area contributed by atoms with Crippen LogP contribution in [0.25, 0.3) is 43.1 Å². The van der Waals surface area contributed by atoms with Gasteiger partial charge in [-0.3, -0.25) is 38.6 Å². The van der Waals surface area contributed by atoms with Crippen LogP contribution < -0.4 is 39.1 Å². The summed E-state index contributed by atoms with van der Waals surface area (Å²) in [7, 11) is 0. The lowest BCUT2D eigenvalue weighted by Crippen LogP contribution is -2.43. The van der Waals surface area contributed by atoms with Gasteiger partial charge in [0.25, 0.3) is 35.4 Å². The minimum atomic E-state index is -0.249. The Bertz CT molecular complexity index is 4750. The highest BCUT2D eigenvalue weighted by atomic mass is 16.5. The molecule has 12 atom stereocenters. The number of imide groups is 2. The van der Waals surface area contributed by atoms with Crippen molar-refractivity contribution in [3.8, 4) is 34.5 Å². The third-order valence-electron chi connectivity index (χ3n) is 37.2. The SMILES string of the molecule is CCCCCCCCCCCCOc1cc(C(=O)NCC2CC3CC2C2CC(CN4C(=O)c5ccc6c7ccc8c9c(ccc(c%10ccc(c5c6%10)C4=O)c97)C(=O)N(CC4CC5C6CC(CNC(=O)c7cc(OCCCCCCCCCCCC)c(OCCCCCCCCCCCC)c(OCCCCCCCCCCCC)c7)C(C6)C5C4)C8=O)CC32)cc(OCCCCCCCCCCCC)c1OCCCCCCCCCCCC. The van der Waals surface area contributed by atoms with Gasteiger partial charge in [0.1, 0.15) is 0 Å². The van der Waals surface area contributed by atoms with Gasteiger partial charge >= 0.3 is 0 Å². The van der Waals surface area contributed by atoms with Crippen LogP contribution in [-0.4, -0.2) is 111 Å². The predicted octanol–water partition coefficient (Wildman–Crippen LogP) is 36.2. The monoisotopic (exact) mass is 2060 g/mol. The number of unbranched alkanes of at least 4 members (excludes halogenated alkanes) is 54. The molecule has 2 aliphatic heterocycles. The zero-order valence-electron chi connectivity index (χ0n) is 94.8. The average Bonchev–Trinajstić information content (AvgIpc) is 0.805. The van der Waals surface area contributed by atoms with Crippen molar-refractivity contribution in [2.45, 2.75) is 478 Å². The van der Waals surface area contributed by atoms with E-state index in [1.54, 1.807) is 9.80 Å². The first-order valence-electron chi connectivity index (χ1n) is 63.4. The number of benzene rings is 7. The molecule has 12 unspecified atom stereocenters. The molecule has 0 aromatic heterocycles. The second-order valence-electron chi connectivity index (χ2n) is 48.4. The van der Waals surface area contributed by atoms with Crippen molar-refractivity contribution in [2.24, 2.45) is 71.0 Å². The highest BCUT2D eigenvalue weighted by Gasteiger charge is 2.58. The summed E-state index contributed by atoms with van der Waals surface area (Å²) in [6, 6.07) is 23.5. The van der Waals surface area contributed by atoms with Gasteiger partial charge in [0.15, 0.2) is 23.0 Å². The molecule has 6 aliphatic carbocycles. The van der Waals surface area contributed by atoms with Crippen LogP contribution in [0.3, 0.4) is 0 Å². The second-order valence-corrected chi connectivity index (χ2v) is 48.4. The Morgan fingerprint density at radius 3 is 0.693 bits per heavy atom. The molecule has 7 aromatic rings. The molecular weight excluding hydrogens is 1860 g/mol. The maximum absolute atomic E-state index is 15.3. The van der Waals surface area contributed by atoms with Gasteiger partial charge in [-0.25, -0.2) is 0 Å². The number of carbonyl (C=O) groups excluding carboxylic acids is 6. The fourth-order valence-corrected chi connectivity index (χ4v) is 29.0. The van der Waals surface area contributed by atoms with Crippen LogP contribution in [-0.2, 0) is 0 Å². The molecule has 0 spiro atoms. The van der Waals surface area contributed by atoms with Crippen molar-refractivity contribution in [1.82, 2.24) is 20.4 Å². The molecule has 150 heavy (non-hydrogen) atoms. The summed E-state index contributed by atoms with van der Waals surface area (Å²) in [6.45, 7) is 19.0. The summed E-state index contributed by atoms with van der Waals surface area (Å²) in [4.78, 5) is 93.9. The quantitative estimate of drug-likeness (QED) is 0.0159. The number of fused-ring (bicyclic) bond motifs is 12. The van der Waals surface area contributed by atoms with Crippen molar-refractivity contribution >= 4 is 78.5 Å². The van der Waals surface area contributed by atoms with E-state index in [0.717, 1.165) is 161 Å². The number of hydrogen-bond donors (Lipinski definition) is 2. The Kier molecular flexibility index (Phi) is 48.3. The number of carbonyl (C=O) groups is 6. The van der Waals surface area contributed by atoms with Crippen molar-refractivity contribution in [2.75, 3.05) is 65.8 Å². The molecule has 6 saturated carbocycles. The second kappa shape index (κ2) is 62.6. The Hall–Kier alpha value is -8.14. The minimum Gasteiger partial charge on any atom is -0.490 e. The first kappa shape index (κ1) is 116. The van der Waals surface area contributed by atoms with Crippen LogP contribution >= 0.6 is 0 Å². The average molecular weight is 2060 g/mol. The van der Waals surface area contributed by atoms with Gasteiger partial charge in [-0.15, -0.1) is 0 Å². The third-order valence-corrected chi connectivity index (χ3v) is 37.2. The number of rotatable bonds is 82. The maximum atomic E-state index is 15.3. The molecule has 6 fully saturated rings. The van der Waals surface area contributed by atoms with E-state index >= 15 is 19.2 Å². The van der Waals surface area contributed by atoms with E-state index in [1.807, 2.05) is 72.8 Å². The van der Waals surface area contributed by atoms with E-state index < -0.39 is 0 Å². The molecule has 0 saturated heterocycles. The topological polar surface area (TPSA) is 188 Å². The standard InChI is InChI=1S/C134H200N4O12/c1-7-13-19-25-31-37-43-49-55-61-75-145-119-89-101(90-120(146-76-62-56-50-44-38-32-26-20-14-8-2)127(119)149-79-65-59-53-47-41-35-29-23-17-11-5)129(139)135-93-103-85-99-87-115(103)117-83-97(81-113(99)117)95-137-131(141)109-71-67-105-107-69-73-111-126-112(74-70-108(124(107)126)106-68-72-110(132(137)142)125(109)123(105)106)134(144)138(133(111)143)96-98-82-114-100-86-104(116(88-100)118(114)84-98)94-136-130(140)102-91-121(147-77-63-57-51-45-39-33-27-21-15-9-3)128(150-80-66-60-54-48-42-36-30-24-18-12-6)122(92-102)148-78-64-58-52-46-40-34-28-22-16-10-4/h67-74,89-92,97-100,103-104,113-118H,7-66,75-88,93-96H2,1-6H3,(H,135,139)(H,136,140). The number of amides is 6. The molecule has 15 rings (SSSR count). The van der Waals surface area contributed by atoms with E-state index in [1.165, 1.54) is 308 Å². The van der Waals surface area contributed by atoms with Crippen LogP contribution in [0, 0.1) is 71.0 Å². The minimum absolute atomic E-state index is 0.109. The van der Waals surface area contributed by atoms with Crippen LogP contribution in [0.4, 0.5) is 0 Å². The first-order valence-corrected chi connectivity index (χ1v) is 63.4. The molecule has 8 aliphatic rings. The van der Waals surface area contributed by atoms with E-state index in [2.05, 4.69) is 52.2 Å². The van der Waals surface area contributed by atoms with E-state index in [-0.39, 0.29) is 47.3 Å². The fourth-order valence-electron chi connectivity index (χ4n) is 29.0. The predicted molar refractivity (Wildman–Crippen MR) is 619 cm³/mol. The third kappa shape index (κ3) is 31.7. The molecule has 0 radical (unpaired) electrons. The van der Waals surface area contributed by atoms with Crippen molar-refractivity contribution in [1.29, 1.82) is 0 Å². The lowest BCUT2D eigenvalue weighted by Gasteiger charge is -2.32. The van der Waals surface area contributed by atoms with Gasteiger partial charge in [0, 0.05) is 70.3 Å². The molecule has 2 N–H and O–H groups in total. The summed E-state index contributed by atoms with van der Waals surface area (Å²) >= 11 is 0. The van der Waals surface area contributed by atoms with Gasteiger partial charge in [-0.1, -0.05) is 413 Å². The Balaban J connectivity index is 0.562. The molecule has 16 heteroatoms. The normalized spacial score (nSPS) is 20.9. The molecule has 6 amide bonds. The first-order chi connectivity index (χ1) is 73.8. The highest BCUT2D eigenvalue weighted by Crippen LogP contribution is 2.64. The van der Waals surface area contributed by atoms with Crippen LogP contribution in [0.1, 0.15) is 540 Å². The highest BCUT2D eigenvalue weighted by molar-refractivity contribution is 6.41. The van der Waals surface area contributed by atoms with Crippen molar-refractivity contribution < 1.29 is 57.2 Å². The summed E-state index contributed by atoms with van der Waals surface area (Å²) in [6.07, 6.45) is 83.0. The van der Waals surface area contributed by atoms with Crippen molar-refractivity contribution in [3.05, 3.63) is 106 Å². The number of nitrogens with one attached hydrogen (secondary N) is 2. The molecule has 16 nitrogen and oxygen atoms in total. The van der Waals surface area contributed by atoms with Gasteiger partial charge < -0.3 is 39.1 Å². The lowest BCUT2D eigenvalue weighted by molar-refractivity contribution is 0.0568. The Morgan fingerprint density at radius 2 is 0.460 bits per heavy atom. The van der Waals surface area contributed by atoms with Gasteiger partial charge in [-0.05, 0) is 242 Å². The summed E-state index contributed by atoms with van der Waals surface area (Å²) in [5, 5.41) is 13.6. The Labute approximate surface area is 906 Å². The van der Waals surface area contributed by atoms with Gasteiger partial charge in [0.2, 0.25) is 11.5 Å². The largest absolute Gasteiger partial charge is 0.490 e. The van der Waals surface area contributed by atoms with E-state index in [4.69, 9.17) is 28.4 Å². The Morgan fingerprint density at radius 1 is 0.247 bits per heavy atom. The molecule has 828 valence electrons. The number of hydrogen-bond acceptors (Lipinski definition) is 12. The maximum Gasteiger partial charge on any atom is 0.261 e. The fraction of sp³-hybridized carbons (Fsp3) is 0.716. The molecule has 4 bridgehead atoms. The zero-order chi connectivity index (χ0) is 104. The van der Waals surface area contributed by atoms with E-state index in [0.29, 0.717) is 204 Å². The molecule has 7 aromatic carbocycles. The van der Waals surface area contributed by atoms with Crippen LogP contribution in [0.15, 0.2) is 72.8 Å². The number of nitrogens with zero attached hydrogens (tertiary/aromatic N) is 2. The smallest absolute Gasteiger partial charge is 0.261 e. The molecule has 2 heterocycles. The molecular formula is C134H200N4O12. The lowest BCUT2D eigenvalue weighted by atomic mass is 9.76. The van der Waals surface area contributed by atoms with Gasteiger partial charge in [0.05, 0.1) is 39.6 Å². The summed E-state index contributed by atoms with van der Waals surface area (Å²) in [5.41, 5.74) is 3.24. The summed E-state index contributed by atoms with van der Waals surface area (Å²) < 4.78 is 40.5. The van der Waals surface area contributed by atoms with Crippen LogP contribution in [0.2, 0.25) is 0 Å². The van der Waals surface area contributed by atoms with Crippen LogP contribution in [0.5, 0.6) is 34.5 Å². The van der Waals surface area contributed by atoms with Crippen molar-refractivity contribution in [3.63, 3.8) is 0 Å².